The lowest BCUT2D eigenvalue weighted by Crippen LogP contribution is -2.48. The summed E-state index contributed by atoms with van der Waals surface area (Å²) in [7, 11) is 5.92. The van der Waals surface area contributed by atoms with E-state index in [1.165, 1.54) is 6.92 Å². The molecule has 0 spiro atoms. The lowest BCUT2D eigenvalue weighted by molar-refractivity contribution is -0.870. The van der Waals surface area contributed by atoms with Crippen molar-refractivity contribution in [1.29, 1.82) is 0 Å². The normalized spacial score (nSPS) is 24.8. The molecule has 1 rings (SSSR count). The Morgan fingerprint density at radius 2 is 1.93 bits per heavy atom. The van der Waals surface area contributed by atoms with Crippen molar-refractivity contribution in [3.8, 4) is 0 Å². The molecule has 1 unspecified atom stereocenters. The predicted octanol–water partition coefficient (Wildman–Crippen LogP) is 1.16. The van der Waals surface area contributed by atoms with E-state index in [0.29, 0.717) is 23.3 Å². The van der Waals surface area contributed by atoms with Crippen LogP contribution in [0.15, 0.2) is 0 Å². The maximum Gasteiger partial charge on any atom is 0.390 e. The number of ether oxygens (including phenoxy) is 1. The van der Waals surface area contributed by atoms with Gasteiger partial charge < -0.3 is 19.9 Å². The van der Waals surface area contributed by atoms with Gasteiger partial charge in [-0.25, -0.2) is 4.57 Å². The highest BCUT2D eigenvalue weighted by Crippen LogP contribution is 2.62. The summed E-state index contributed by atoms with van der Waals surface area (Å²) in [5.74, 6) is -0.956. The second kappa shape index (κ2) is 11.5. The lowest BCUT2D eigenvalue weighted by atomic mass is 9.87. The molecule has 1 saturated heterocycles. The summed E-state index contributed by atoms with van der Waals surface area (Å²) in [6.07, 6.45) is -1.09. The third kappa shape index (κ3) is 10.3. The number of carbonyl (C=O) groups excluding carboxylic acids is 3. The molecule has 10 nitrogen and oxygen atoms in total. The molecular weight excluding hydrogens is 433 g/mol. The number of likely N-dealkylation sites (N-methyl/N-ethyl adjacent to an activating group) is 1. The summed E-state index contributed by atoms with van der Waals surface area (Å²) < 4.78 is 30.7. The van der Waals surface area contributed by atoms with Crippen molar-refractivity contribution >= 4 is 36.0 Å². The fourth-order valence-corrected chi connectivity index (χ4v) is 5.78. The number of rotatable bonds is 7. The highest BCUT2D eigenvalue weighted by molar-refractivity contribution is 8.55. The summed E-state index contributed by atoms with van der Waals surface area (Å²) in [5, 5.41) is 5.34. The molecule has 1 aliphatic rings. The van der Waals surface area contributed by atoms with Crippen LogP contribution in [-0.4, -0.2) is 88.1 Å². The van der Waals surface area contributed by atoms with Crippen LogP contribution in [0, 0.1) is 5.41 Å². The Bertz CT molecular complexity index is 667. The van der Waals surface area contributed by atoms with Gasteiger partial charge >= 0.3 is 12.8 Å². The molecule has 2 N–H and O–H groups in total. The molecule has 1 heterocycles. The van der Waals surface area contributed by atoms with E-state index in [2.05, 4.69) is 10.6 Å². The van der Waals surface area contributed by atoms with E-state index in [9.17, 15) is 18.9 Å². The maximum atomic E-state index is 13.5. The van der Waals surface area contributed by atoms with E-state index < -0.39 is 30.2 Å². The Morgan fingerprint density at radius 1 is 1.27 bits per heavy atom. The second-order valence-corrected chi connectivity index (χ2v) is 12.9. The molecule has 0 radical (unpaired) electrons. The standard InChI is InChI=1S/C18H34N3O7PS/c1-14(22)26-13-18(2,3)16-17(24)20-8-7-15(23)19-9-12-30-29(25,28-16)27-11-10-21(4,5)6/h16H,7-13H2,1-6H3,(H-,19,20,23,24)/p+1/t16-,29?/m0/s1. The maximum absolute atomic E-state index is 13.5. The second-order valence-electron chi connectivity index (χ2n) is 8.77. The number of nitrogens with one attached hydrogen (secondary N) is 2. The third-order valence-electron chi connectivity index (χ3n) is 4.17. The summed E-state index contributed by atoms with van der Waals surface area (Å²) >= 11 is 0.939. The average Bonchev–Trinajstić information content (AvgIpc) is 2.60. The minimum absolute atomic E-state index is 0.105. The first-order valence-electron chi connectivity index (χ1n) is 9.80. The van der Waals surface area contributed by atoms with Crippen molar-refractivity contribution in [2.75, 3.05) is 59.7 Å². The van der Waals surface area contributed by atoms with Gasteiger partial charge in [-0.2, -0.15) is 0 Å². The number of nitrogens with zero attached hydrogens (tertiary/aromatic N) is 1. The van der Waals surface area contributed by atoms with Crippen molar-refractivity contribution in [3.63, 3.8) is 0 Å². The van der Waals surface area contributed by atoms with Crippen LogP contribution in [0.25, 0.3) is 0 Å². The van der Waals surface area contributed by atoms with Crippen molar-refractivity contribution in [2.24, 2.45) is 5.41 Å². The van der Waals surface area contributed by atoms with Crippen molar-refractivity contribution in [1.82, 2.24) is 10.6 Å². The first-order chi connectivity index (χ1) is 13.7. The van der Waals surface area contributed by atoms with Gasteiger partial charge in [-0.15, -0.1) is 0 Å². The molecule has 2 amide bonds. The molecule has 12 heteroatoms. The van der Waals surface area contributed by atoms with Gasteiger partial charge in [0.05, 0.1) is 27.7 Å². The van der Waals surface area contributed by atoms with Gasteiger partial charge in [-0.05, 0) is 11.4 Å². The first kappa shape index (κ1) is 26.9. The van der Waals surface area contributed by atoms with Crippen LogP contribution < -0.4 is 10.6 Å². The van der Waals surface area contributed by atoms with E-state index in [1.807, 2.05) is 21.1 Å². The summed E-state index contributed by atoms with van der Waals surface area (Å²) in [6, 6.07) is 0. The number of carbonyl (C=O) groups is 3. The number of hydrogen-bond acceptors (Lipinski definition) is 8. The summed E-state index contributed by atoms with van der Waals surface area (Å²) in [4.78, 5) is 36.0. The highest BCUT2D eigenvalue weighted by Gasteiger charge is 2.43. The van der Waals surface area contributed by atoms with E-state index in [0.717, 1.165) is 11.4 Å². The van der Waals surface area contributed by atoms with Gasteiger partial charge in [-0.1, -0.05) is 13.8 Å². The molecule has 1 fully saturated rings. The van der Waals surface area contributed by atoms with E-state index in [-0.39, 0.29) is 32.1 Å². The Hall–Kier alpha value is -1.13. The SMILES string of the molecule is CC(=O)OCC(C)(C)[C@H]1OP(=O)(OCC[N+](C)(C)C)SCCNC(=O)CCNC1=O. The monoisotopic (exact) mass is 468 g/mol. The minimum atomic E-state index is -3.75. The van der Waals surface area contributed by atoms with Crippen molar-refractivity contribution in [2.45, 2.75) is 33.3 Å². The van der Waals surface area contributed by atoms with Gasteiger partial charge in [-0.3, -0.25) is 23.4 Å². The predicted molar refractivity (Wildman–Crippen MR) is 115 cm³/mol. The number of amides is 2. The molecule has 0 bridgehead atoms. The van der Waals surface area contributed by atoms with Gasteiger partial charge in [0.25, 0.3) is 0 Å². The molecule has 0 aromatic carbocycles. The quantitative estimate of drug-likeness (QED) is 0.325. The number of hydrogen-bond donors (Lipinski definition) is 2. The van der Waals surface area contributed by atoms with E-state index in [4.69, 9.17) is 13.8 Å². The summed E-state index contributed by atoms with van der Waals surface area (Å²) in [6.45, 7) is 1.92. The third-order valence-corrected chi connectivity index (χ3v) is 7.91. The van der Waals surface area contributed by atoms with Crippen LogP contribution >= 0.6 is 18.2 Å². The van der Waals surface area contributed by atoms with Crippen LogP contribution in [0.1, 0.15) is 27.2 Å². The van der Waals surface area contributed by atoms with Crippen molar-refractivity contribution < 1.29 is 37.2 Å². The molecular formula is C18H35N3O7PS+. The molecule has 0 aromatic rings. The highest BCUT2D eigenvalue weighted by atomic mass is 32.7. The molecule has 0 aromatic heterocycles. The van der Waals surface area contributed by atoms with Gasteiger partial charge in [0, 0.05) is 37.6 Å². The Morgan fingerprint density at radius 3 is 2.53 bits per heavy atom. The zero-order chi connectivity index (χ0) is 23.0. The Labute approximate surface area is 182 Å². The van der Waals surface area contributed by atoms with E-state index in [1.54, 1.807) is 13.8 Å². The van der Waals surface area contributed by atoms with E-state index >= 15 is 0 Å². The smallest absolute Gasteiger partial charge is 0.390 e. The number of quaternary nitrogens is 1. The fraction of sp³-hybridized carbons (Fsp3) is 0.833. The Balaban J connectivity index is 3.10. The Kier molecular flexibility index (Phi) is 10.3. The fourth-order valence-electron chi connectivity index (χ4n) is 2.39. The molecule has 30 heavy (non-hydrogen) atoms. The van der Waals surface area contributed by atoms with Crippen LogP contribution in [-0.2, 0) is 32.7 Å². The summed E-state index contributed by atoms with van der Waals surface area (Å²) in [5.41, 5.74) is -0.984. The van der Waals surface area contributed by atoms with Gasteiger partial charge in [0.1, 0.15) is 13.2 Å². The molecule has 2 atom stereocenters. The molecule has 174 valence electrons. The van der Waals surface area contributed by atoms with Crippen LogP contribution in [0.5, 0.6) is 0 Å². The zero-order valence-electron chi connectivity index (χ0n) is 18.7. The lowest BCUT2D eigenvalue weighted by Gasteiger charge is -2.34. The van der Waals surface area contributed by atoms with Crippen LogP contribution in [0.4, 0.5) is 0 Å². The molecule has 1 aliphatic heterocycles. The van der Waals surface area contributed by atoms with Crippen LogP contribution in [0.2, 0.25) is 0 Å². The molecule has 0 saturated carbocycles. The first-order valence-corrected chi connectivity index (χ1v) is 12.9. The number of esters is 1. The zero-order valence-corrected chi connectivity index (χ0v) is 20.4. The molecule has 0 aliphatic carbocycles. The van der Waals surface area contributed by atoms with Crippen LogP contribution in [0.3, 0.4) is 0 Å². The average molecular weight is 469 g/mol. The van der Waals surface area contributed by atoms with Gasteiger partial charge in [0.15, 0.2) is 6.10 Å². The topological polar surface area (TPSA) is 120 Å². The largest absolute Gasteiger partial charge is 0.465 e. The van der Waals surface area contributed by atoms with Crippen molar-refractivity contribution in [3.05, 3.63) is 0 Å². The van der Waals surface area contributed by atoms with Gasteiger partial charge in [0.2, 0.25) is 11.8 Å². The minimum Gasteiger partial charge on any atom is -0.465 e.